The van der Waals surface area contributed by atoms with Gasteiger partial charge in [0.05, 0.1) is 22.3 Å². The molecule has 6 aliphatic rings. The minimum atomic E-state index is -1.23. The van der Waals surface area contributed by atoms with Gasteiger partial charge in [-0.3, -0.25) is 38.4 Å². The van der Waals surface area contributed by atoms with Crippen LogP contribution in [0.1, 0.15) is 116 Å². The molecule has 2 heterocycles. The van der Waals surface area contributed by atoms with Crippen LogP contribution in [0.15, 0.2) is 36.4 Å². The highest BCUT2D eigenvalue weighted by Gasteiger charge is 2.58. The molecule has 286 valence electrons. The van der Waals surface area contributed by atoms with Crippen molar-refractivity contribution < 1.29 is 68.3 Å². The second-order valence-corrected chi connectivity index (χ2v) is 15.3. The number of hydrogen-bond donors (Lipinski definition) is 4. The number of phenols is 4. The Morgan fingerprint density at radius 3 is 1.53 bits per heavy atom. The Balaban J connectivity index is 1.18. The number of epoxide rings is 2. The quantitative estimate of drug-likeness (QED) is 0.207. The molecule has 4 aromatic carbocycles. The number of rotatable bonds is 3. The normalized spacial score (nSPS) is 22.4. The molecule has 0 amide bonds. The van der Waals surface area contributed by atoms with Crippen molar-refractivity contribution in [3.8, 4) is 34.1 Å². The molecule has 10 rings (SSSR count). The van der Waals surface area contributed by atoms with Crippen molar-refractivity contribution in [2.75, 3.05) is 0 Å². The topological polar surface area (TPSA) is 243 Å². The lowest BCUT2D eigenvalue weighted by Crippen LogP contribution is -2.28. The highest BCUT2D eigenvalue weighted by molar-refractivity contribution is 6.42. The van der Waals surface area contributed by atoms with Crippen molar-refractivity contribution in [1.29, 1.82) is 0 Å². The van der Waals surface area contributed by atoms with Crippen molar-refractivity contribution in [2.45, 2.75) is 52.1 Å². The summed E-state index contributed by atoms with van der Waals surface area (Å²) < 4.78 is 10.6. The van der Waals surface area contributed by atoms with Crippen LogP contribution in [0.2, 0.25) is 0 Å². The number of aromatic hydroxyl groups is 4. The number of carbonyl (C=O) groups is 8. The molecule has 0 radical (unpaired) electrons. The van der Waals surface area contributed by atoms with Gasteiger partial charge < -0.3 is 29.9 Å². The summed E-state index contributed by atoms with van der Waals surface area (Å²) in [5, 5.41) is 45.9. The number of fused-ring (bicyclic) bond motifs is 6. The summed E-state index contributed by atoms with van der Waals surface area (Å²) in [4.78, 5) is 110. The SMILES string of the molecule is Cc1cc(O)c2c(c1)C(=O)C(c1c(C)c(-c3c(C)cc4c(c3O)C(=O)C=C(c3c(C)cc5c(c3O)C(=O)[C@H]3O[C@H]3C5=O)C4=O)c3c(c1O)C(=O)[C@H]1O[C@H]1C3=O)=CC2=O. The van der Waals surface area contributed by atoms with Crippen LogP contribution < -0.4 is 0 Å². The molecule has 0 aromatic heterocycles. The molecule has 0 saturated carbocycles. The molecule has 14 nitrogen and oxygen atoms in total. The number of allylic oxidation sites excluding steroid dienone is 4. The molecule has 14 heteroatoms. The predicted octanol–water partition coefficient (Wildman–Crippen LogP) is 4.63. The Labute approximate surface area is 325 Å². The lowest BCUT2D eigenvalue weighted by Gasteiger charge is -2.27. The molecule has 4 atom stereocenters. The second-order valence-electron chi connectivity index (χ2n) is 15.3. The van der Waals surface area contributed by atoms with Gasteiger partial charge in [-0.05, 0) is 86.4 Å². The van der Waals surface area contributed by atoms with E-state index in [-0.39, 0.29) is 83.5 Å². The zero-order valence-electron chi connectivity index (χ0n) is 30.6. The summed E-state index contributed by atoms with van der Waals surface area (Å²) in [6.07, 6.45) is -2.68. The van der Waals surface area contributed by atoms with Crippen LogP contribution >= 0.6 is 0 Å². The maximum absolute atomic E-state index is 14.3. The first-order valence-electron chi connectivity index (χ1n) is 18.0. The van der Waals surface area contributed by atoms with E-state index in [2.05, 4.69) is 0 Å². The van der Waals surface area contributed by atoms with E-state index in [4.69, 9.17) is 9.47 Å². The summed E-state index contributed by atoms with van der Waals surface area (Å²) in [6.45, 7) is 5.91. The summed E-state index contributed by atoms with van der Waals surface area (Å²) in [6, 6.07) is 5.29. The van der Waals surface area contributed by atoms with E-state index in [1.807, 2.05) is 0 Å². The number of ether oxygens (including phenoxy) is 2. The Kier molecular flexibility index (Phi) is 6.84. The molecule has 4 aromatic rings. The molecule has 4 aliphatic carbocycles. The van der Waals surface area contributed by atoms with E-state index in [0.29, 0.717) is 5.56 Å². The summed E-state index contributed by atoms with van der Waals surface area (Å²) in [7, 11) is 0. The van der Waals surface area contributed by atoms with Crippen LogP contribution in [0, 0.1) is 27.7 Å². The van der Waals surface area contributed by atoms with Crippen LogP contribution in [0.3, 0.4) is 0 Å². The van der Waals surface area contributed by atoms with E-state index in [1.54, 1.807) is 6.92 Å². The Hall–Kier alpha value is -7.16. The molecule has 0 unspecified atom stereocenters. The fraction of sp³-hybridized carbons (Fsp3) is 0.182. The average molecular weight is 779 g/mol. The lowest BCUT2D eigenvalue weighted by atomic mass is 9.74. The third-order valence-corrected chi connectivity index (χ3v) is 11.8. The zero-order valence-corrected chi connectivity index (χ0v) is 30.6. The standard InChI is InChI=1S/C44H26O14/c1-11-5-15-27(20(45)6-11)21(46)10-19(32(15)48)25-14(4)26(30-31(37(25)53)40(56)44-43(58-44)39(30)55)24-13(3)8-16-28(36(24)52)22(47)9-18(33(16)49)23-12(2)7-17-29(35(23)51)38(54)42-41(57-42)34(17)50/h5-10,41-45,51-53H,1-4H3/t41-,42+,43-,44+/m0/s1. The highest BCUT2D eigenvalue weighted by Crippen LogP contribution is 2.53. The van der Waals surface area contributed by atoms with E-state index in [1.165, 1.54) is 45.0 Å². The summed E-state index contributed by atoms with van der Waals surface area (Å²) in [5.74, 6) is -8.75. The number of phenolic OH excluding ortho intramolecular Hbond substituents is 4. The number of benzene rings is 4. The van der Waals surface area contributed by atoms with Crippen LogP contribution in [0.5, 0.6) is 23.0 Å². The van der Waals surface area contributed by atoms with Crippen LogP contribution in [-0.2, 0) is 9.47 Å². The first kappa shape index (κ1) is 35.3. The maximum Gasteiger partial charge on any atom is 0.199 e. The number of ketones is 8. The van der Waals surface area contributed by atoms with Gasteiger partial charge in [0.25, 0.3) is 0 Å². The van der Waals surface area contributed by atoms with Gasteiger partial charge in [0.2, 0.25) is 0 Å². The Morgan fingerprint density at radius 1 is 0.431 bits per heavy atom. The number of carbonyl (C=O) groups excluding carboxylic acids is 8. The minimum Gasteiger partial charge on any atom is -0.507 e. The smallest absolute Gasteiger partial charge is 0.199 e. The van der Waals surface area contributed by atoms with E-state index in [9.17, 15) is 58.8 Å². The fourth-order valence-corrected chi connectivity index (χ4v) is 9.12. The van der Waals surface area contributed by atoms with Gasteiger partial charge in [0.15, 0.2) is 70.7 Å². The minimum absolute atomic E-state index is 0.0518. The number of hydrogen-bond acceptors (Lipinski definition) is 14. The van der Waals surface area contributed by atoms with Gasteiger partial charge in [0.1, 0.15) is 23.0 Å². The Bertz CT molecular complexity index is 2990. The van der Waals surface area contributed by atoms with Crippen molar-refractivity contribution >= 4 is 57.4 Å². The van der Waals surface area contributed by atoms with Gasteiger partial charge in [-0.2, -0.15) is 0 Å². The average Bonchev–Trinajstić information content (AvgIpc) is 4.08. The van der Waals surface area contributed by atoms with Gasteiger partial charge in [-0.15, -0.1) is 0 Å². The van der Waals surface area contributed by atoms with E-state index in [0.717, 1.165) is 12.2 Å². The third kappa shape index (κ3) is 4.32. The van der Waals surface area contributed by atoms with Crippen molar-refractivity contribution in [1.82, 2.24) is 0 Å². The van der Waals surface area contributed by atoms with Crippen molar-refractivity contribution in [3.63, 3.8) is 0 Å². The predicted molar refractivity (Wildman–Crippen MR) is 198 cm³/mol. The van der Waals surface area contributed by atoms with Crippen LogP contribution in [-0.4, -0.2) is 91.1 Å². The maximum atomic E-state index is 14.3. The molecule has 2 fully saturated rings. The van der Waals surface area contributed by atoms with Gasteiger partial charge in [0, 0.05) is 55.7 Å². The number of Topliss-reactive ketones (excluding diaryl/α,β-unsaturated/α-hetero) is 6. The third-order valence-electron chi connectivity index (χ3n) is 11.8. The van der Waals surface area contributed by atoms with Crippen LogP contribution in [0.25, 0.3) is 22.3 Å². The molecule has 0 spiro atoms. The van der Waals surface area contributed by atoms with E-state index >= 15 is 0 Å². The van der Waals surface area contributed by atoms with Gasteiger partial charge in [-0.25, -0.2) is 0 Å². The number of aryl methyl sites for hydroxylation is 3. The zero-order chi connectivity index (χ0) is 41.3. The molecule has 0 bridgehead atoms. The first-order chi connectivity index (χ1) is 27.4. The fourth-order valence-electron chi connectivity index (χ4n) is 9.12. The summed E-state index contributed by atoms with van der Waals surface area (Å²) in [5.41, 5.74) is -3.47. The molecule has 2 saturated heterocycles. The molecular formula is C44H26O14. The largest absolute Gasteiger partial charge is 0.507 e. The van der Waals surface area contributed by atoms with Crippen molar-refractivity contribution in [2.24, 2.45) is 0 Å². The second kappa shape index (κ2) is 11.2. The molecule has 4 N–H and O–H groups in total. The molecule has 58 heavy (non-hydrogen) atoms. The molecule has 2 aliphatic heterocycles. The molecular weight excluding hydrogens is 752 g/mol. The van der Waals surface area contributed by atoms with Crippen LogP contribution in [0.4, 0.5) is 0 Å². The highest BCUT2D eigenvalue weighted by atomic mass is 16.6. The lowest BCUT2D eigenvalue weighted by molar-refractivity contribution is 0.0919. The van der Waals surface area contributed by atoms with Gasteiger partial charge in [-0.1, -0.05) is 0 Å². The first-order valence-corrected chi connectivity index (χ1v) is 18.0. The van der Waals surface area contributed by atoms with Crippen molar-refractivity contribution in [3.05, 3.63) is 114 Å². The Morgan fingerprint density at radius 2 is 0.897 bits per heavy atom. The monoisotopic (exact) mass is 778 g/mol. The summed E-state index contributed by atoms with van der Waals surface area (Å²) >= 11 is 0. The van der Waals surface area contributed by atoms with E-state index < -0.39 is 105 Å². The van der Waals surface area contributed by atoms with Gasteiger partial charge >= 0.3 is 0 Å².